The maximum atomic E-state index is 6.04. The number of hydrogen-bond donors (Lipinski definition) is 1. The van der Waals surface area contributed by atoms with E-state index in [2.05, 4.69) is 17.0 Å². The van der Waals surface area contributed by atoms with Gasteiger partial charge in [-0.05, 0) is 19.9 Å². The minimum absolute atomic E-state index is 0.108. The number of hydrogen-bond acceptors (Lipinski definition) is 3. The molecular weight excluding hydrogens is 176 g/mol. The molecule has 2 N–H and O–H groups in total. The Hall–Kier alpha value is -0.870. The van der Waals surface area contributed by atoms with Crippen molar-refractivity contribution in [2.24, 2.45) is 12.8 Å². The molecule has 0 aromatic carbocycles. The number of rotatable bonds is 4. The van der Waals surface area contributed by atoms with Crippen LogP contribution < -0.4 is 5.73 Å². The zero-order valence-corrected chi connectivity index (χ0v) is 8.90. The summed E-state index contributed by atoms with van der Waals surface area (Å²) in [5, 5.41) is 4.14. The van der Waals surface area contributed by atoms with E-state index in [1.807, 2.05) is 24.1 Å². The highest BCUT2D eigenvalue weighted by molar-refractivity contribution is 5.05. The second kappa shape index (κ2) is 3.37. The predicted molar refractivity (Wildman–Crippen MR) is 55.7 cm³/mol. The summed E-state index contributed by atoms with van der Waals surface area (Å²) in [4.78, 5) is 2.27. The molecule has 0 bridgehead atoms. The van der Waals surface area contributed by atoms with Crippen LogP contribution in [0.2, 0.25) is 0 Å². The third-order valence-electron chi connectivity index (χ3n) is 2.69. The van der Waals surface area contributed by atoms with Crippen LogP contribution in [-0.2, 0) is 13.6 Å². The molecule has 1 fully saturated rings. The molecule has 1 aromatic heterocycles. The summed E-state index contributed by atoms with van der Waals surface area (Å²) in [5.74, 6) is 0. The first-order valence-corrected chi connectivity index (χ1v) is 5.02. The molecule has 0 spiro atoms. The Labute approximate surface area is 84.7 Å². The van der Waals surface area contributed by atoms with Crippen molar-refractivity contribution in [2.75, 3.05) is 13.6 Å². The molecule has 14 heavy (non-hydrogen) atoms. The Balaban J connectivity index is 1.85. The molecule has 1 heterocycles. The van der Waals surface area contributed by atoms with Gasteiger partial charge >= 0.3 is 0 Å². The maximum absolute atomic E-state index is 6.04. The Kier molecular flexibility index (Phi) is 2.33. The molecule has 0 amide bonds. The van der Waals surface area contributed by atoms with E-state index in [-0.39, 0.29) is 5.54 Å². The van der Waals surface area contributed by atoms with Crippen molar-refractivity contribution in [1.29, 1.82) is 0 Å². The molecule has 4 heteroatoms. The first kappa shape index (κ1) is 9.68. The van der Waals surface area contributed by atoms with E-state index in [1.54, 1.807) is 0 Å². The molecule has 0 unspecified atom stereocenters. The molecule has 1 aromatic rings. The van der Waals surface area contributed by atoms with Crippen molar-refractivity contribution >= 4 is 0 Å². The number of nitrogens with two attached hydrogens (primary N) is 1. The highest BCUT2D eigenvalue weighted by Gasteiger charge is 2.38. The Morgan fingerprint density at radius 1 is 1.64 bits per heavy atom. The van der Waals surface area contributed by atoms with Gasteiger partial charge in [0.1, 0.15) is 0 Å². The molecule has 0 radical (unpaired) electrons. The van der Waals surface area contributed by atoms with Gasteiger partial charge in [0.25, 0.3) is 0 Å². The van der Waals surface area contributed by atoms with Gasteiger partial charge in [-0.25, -0.2) is 0 Å². The number of likely N-dealkylation sites (N-methyl/N-ethyl adjacent to an activating group) is 1. The Morgan fingerprint density at radius 2 is 2.36 bits per heavy atom. The average molecular weight is 194 g/mol. The number of aromatic nitrogens is 2. The first-order chi connectivity index (χ1) is 6.57. The lowest BCUT2D eigenvalue weighted by Gasteiger charge is -2.19. The topological polar surface area (TPSA) is 47.1 Å². The quantitative estimate of drug-likeness (QED) is 0.752. The zero-order valence-electron chi connectivity index (χ0n) is 8.90. The summed E-state index contributed by atoms with van der Waals surface area (Å²) in [6.07, 6.45) is 6.30. The first-order valence-electron chi connectivity index (χ1n) is 5.02. The third kappa shape index (κ3) is 2.33. The zero-order chi connectivity index (χ0) is 10.2. The lowest BCUT2D eigenvalue weighted by Crippen LogP contribution is -2.36. The van der Waals surface area contributed by atoms with Crippen molar-refractivity contribution in [3.05, 3.63) is 18.0 Å². The van der Waals surface area contributed by atoms with Crippen LogP contribution in [0.3, 0.4) is 0 Å². The van der Waals surface area contributed by atoms with Crippen molar-refractivity contribution in [1.82, 2.24) is 14.7 Å². The van der Waals surface area contributed by atoms with E-state index in [0.717, 1.165) is 13.1 Å². The minimum atomic E-state index is 0.108. The van der Waals surface area contributed by atoms with Crippen molar-refractivity contribution in [3.8, 4) is 0 Å². The lowest BCUT2D eigenvalue weighted by atomic mass is 10.2. The van der Waals surface area contributed by atoms with Crippen LogP contribution in [0.5, 0.6) is 0 Å². The fraction of sp³-hybridized carbons (Fsp3) is 0.700. The van der Waals surface area contributed by atoms with Crippen LogP contribution in [0.1, 0.15) is 18.4 Å². The van der Waals surface area contributed by atoms with E-state index in [0.29, 0.717) is 0 Å². The highest BCUT2D eigenvalue weighted by Crippen LogP contribution is 2.32. The molecule has 4 nitrogen and oxygen atoms in total. The van der Waals surface area contributed by atoms with Crippen LogP contribution in [0.4, 0.5) is 0 Å². The molecule has 1 saturated carbocycles. The van der Waals surface area contributed by atoms with Crippen LogP contribution >= 0.6 is 0 Å². The van der Waals surface area contributed by atoms with Crippen molar-refractivity contribution in [2.45, 2.75) is 24.9 Å². The van der Waals surface area contributed by atoms with Crippen molar-refractivity contribution in [3.63, 3.8) is 0 Å². The molecule has 78 valence electrons. The molecule has 0 atom stereocenters. The monoisotopic (exact) mass is 194 g/mol. The summed E-state index contributed by atoms with van der Waals surface area (Å²) in [5.41, 5.74) is 7.40. The fourth-order valence-electron chi connectivity index (χ4n) is 1.78. The average Bonchev–Trinajstić information content (AvgIpc) is 2.64. The second-order valence-electron chi connectivity index (χ2n) is 4.56. The lowest BCUT2D eigenvalue weighted by molar-refractivity contribution is 0.295. The van der Waals surface area contributed by atoms with Gasteiger partial charge in [-0.15, -0.1) is 0 Å². The van der Waals surface area contributed by atoms with Crippen molar-refractivity contribution < 1.29 is 0 Å². The normalized spacial score (nSPS) is 18.9. The number of nitrogens with zero attached hydrogens (tertiary/aromatic N) is 3. The van der Waals surface area contributed by atoms with Gasteiger partial charge in [-0.1, -0.05) is 0 Å². The Morgan fingerprint density at radius 3 is 2.86 bits per heavy atom. The summed E-state index contributed by atoms with van der Waals surface area (Å²) >= 11 is 0. The largest absolute Gasteiger partial charge is 0.324 e. The predicted octanol–water partition coefficient (Wildman–Crippen LogP) is 0.343. The SMILES string of the molecule is CN(Cc1cnn(C)c1)CC1(N)CC1. The second-order valence-corrected chi connectivity index (χ2v) is 4.56. The van der Waals surface area contributed by atoms with Gasteiger partial charge in [0.2, 0.25) is 0 Å². The van der Waals surface area contributed by atoms with Crippen LogP contribution in [-0.4, -0.2) is 33.8 Å². The third-order valence-corrected chi connectivity index (χ3v) is 2.69. The Bertz CT molecular complexity index is 314. The van der Waals surface area contributed by atoms with E-state index >= 15 is 0 Å². The van der Waals surface area contributed by atoms with Gasteiger partial charge in [0, 0.05) is 37.4 Å². The van der Waals surface area contributed by atoms with E-state index in [4.69, 9.17) is 5.73 Å². The molecule has 1 aliphatic rings. The van der Waals surface area contributed by atoms with Gasteiger partial charge in [0.15, 0.2) is 0 Å². The summed E-state index contributed by atoms with van der Waals surface area (Å²) in [7, 11) is 4.05. The van der Waals surface area contributed by atoms with Crippen LogP contribution in [0, 0.1) is 0 Å². The van der Waals surface area contributed by atoms with Gasteiger partial charge in [0.05, 0.1) is 6.20 Å². The molecule has 0 aliphatic heterocycles. The molecule has 0 saturated heterocycles. The summed E-state index contributed by atoms with van der Waals surface area (Å²) in [6, 6.07) is 0. The van der Waals surface area contributed by atoms with E-state index in [1.165, 1.54) is 18.4 Å². The van der Waals surface area contributed by atoms with Gasteiger partial charge in [-0.3, -0.25) is 4.68 Å². The van der Waals surface area contributed by atoms with Gasteiger partial charge < -0.3 is 10.6 Å². The molecule has 2 rings (SSSR count). The summed E-state index contributed by atoms with van der Waals surface area (Å²) < 4.78 is 1.83. The smallest absolute Gasteiger partial charge is 0.0534 e. The fourth-order valence-corrected chi connectivity index (χ4v) is 1.78. The van der Waals surface area contributed by atoms with E-state index in [9.17, 15) is 0 Å². The van der Waals surface area contributed by atoms with Gasteiger partial charge in [-0.2, -0.15) is 5.10 Å². The van der Waals surface area contributed by atoms with Crippen LogP contribution in [0.15, 0.2) is 12.4 Å². The number of aryl methyl sites for hydroxylation is 1. The van der Waals surface area contributed by atoms with Crippen LogP contribution in [0.25, 0.3) is 0 Å². The summed E-state index contributed by atoms with van der Waals surface area (Å²) in [6.45, 7) is 1.93. The molecular formula is C10H18N4. The van der Waals surface area contributed by atoms with E-state index < -0.39 is 0 Å². The molecule has 1 aliphatic carbocycles. The highest BCUT2D eigenvalue weighted by atomic mass is 15.2. The maximum Gasteiger partial charge on any atom is 0.0534 e. The standard InChI is InChI=1S/C10H18N4/c1-13(8-10(11)3-4-10)6-9-5-12-14(2)7-9/h5,7H,3-4,6,8,11H2,1-2H3. The minimum Gasteiger partial charge on any atom is -0.324 e.